The van der Waals surface area contributed by atoms with Gasteiger partial charge in [0, 0.05) is 12.6 Å². The highest BCUT2D eigenvalue weighted by Crippen LogP contribution is 2.40. The van der Waals surface area contributed by atoms with Gasteiger partial charge >= 0.3 is 5.97 Å². The Hall–Kier alpha value is -1.91. The summed E-state index contributed by atoms with van der Waals surface area (Å²) in [6.45, 7) is 0. The Morgan fingerprint density at radius 1 is 1.33 bits per heavy atom. The Labute approximate surface area is 104 Å². The molecule has 0 amide bonds. The van der Waals surface area contributed by atoms with E-state index in [0.717, 1.165) is 37.2 Å². The lowest BCUT2D eigenvalue weighted by atomic mass is 9.82. The molecule has 0 spiro atoms. The first-order valence-corrected chi connectivity index (χ1v) is 6.23. The van der Waals surface area contributed by atoms with E-state index in [1.54, 1.807) is 0 Å². The van der Waals surface area contributed by atoms with Gasteiger partial charge < -0.3 is 5.11 Å². The van der Waals surface area contributed by atoms with Gasteiger partial charge in [0.25, 0.3) is 0 Å². The van der Waals surface area contributed by atoms with E-state index in [1.807, 2.05) is 28.8 Å². The van der Waals surface area contributed by atoms with Crippen LogP contribution in [0.4, 0.5) is 0 Å². The molecular formula is C13H15N3O2. The zero-order valence-corrected chi connectivity index (χ0v) is 10.0. The van der Waals surface area contributed by atoms with E-state index in [1.165, 1.54) is 0 Å². The van der Waals surface area contributed by atoms with Crippen LogP contribution in [0.1, 0.15) is 31.5 Å². The van der Waals surface area contributed by atoms with Crippen LogP contribution in [0, 0.1) is 5.41 Å². The van der Waals surface area contributed by atoms with Crippen LogP contribution >= 0.6 is 0 Å². The maximum absolute atomic E-state index is 11.5. The van der Waals surface area contributed by atoms with Crippen molar-refractivity contribution in [2.45, 2.75) is 32.1 Å². The smallest absolute Gasteiger partial charge is 0.310 e. The van der Waals surface area contributed by atoms with Crippen LogP contribution in [0.2, 0.25) is 0 Å². The van der Waals surface area contributed by atoms with Gasteiger partial charge in [-0.3, -0.25) is 9.20 Å². The topological polar surface area (TPSA) is 67.5 Å². The van der Waals surface area contributed by atoms with Crippen molar-refractivity contribution in [3.8, 4) is 0 Å². The van der Waals surface area contributed by atoms with Crippen molar-refractivity contribution in [1.82, 2.24) is 14.6 Å². The predicted octanol–water partition coefficient (Wildman–Crippen LogP) is 1.92. The second-order valence-electron chi connectivity index (χ2n) is 5.01. The zero-order chi connectivity index (χ0) is 12.6. The Kier molecular flexibility index (Phi) is 2.54. The largest absolute Gasteiger partial charge is 0.481 e. The first-order chi connectivity index (χ1) is 8.71. The minimum atomic E-state index is -0.701. The summed E-state index contributed by atoms with van der Waals surface area (Å²) < 4.78 is 1.88. The molecule has 1 aliphatic rings. The third-order valence-electron chi connectivity index (χ3n) is 3.90. The van der Waals surface area contributed by atoms with Crippen LogP contribution in [0.15, 0.2) is 24.4 Å². The van der Waals surface area contributed by atoms with E-state index in [-0.39, 0.29) is 0 Å². The van der Waals surface area contributed by atoms with Crippen molar-refractivity contribution < 1.29 is 9.90 Å². The molecule has 5 heteroatoms. The third kappa shape index (κ3) is 1.66. The van der Waals surface area contributed by atoms with E-state index in [0.29, 0.717) is 6.42 Å². The van der Waals surface area contributed by atoms with Crippen molar-refractivity contribution in [3.63, 3.8) is 0 Å². The number of hydrogen-bond donors (Lipinski definition) is 1. The van der Waals surface area contributed by atoms with Gasteiger partial charge in [-0.25, -0.2) is 0 Å². The van der Waals surface area contributed by atoms with Crippen LogP contribution in [-0.4, -0.2) is 25.7 Å². The van der Waals surface area contributed by atoms with Crippen molar-refractivity contribution in [2.24, 2.45) is 5.41 Å². The lowest BCUT2D eigenvalue weighted by molar-refractivity contribution is -0.148. The molecule has 1 fully saturated rings. The van der Waals surface area contributed by atoms with E-state index >= 15 is 0 Å². The van der Waals surface area contributed by atoms with Crippen molar-refractivity contribution in [2.75, 3.05) is 0 Å². The number of pyridine rings is 1. The van der Waals surface area contributed by atoms with Gasteiger partial charge in [0.15, 0.2) is 5.65 Å². The highest BCUT2D eigenvalue weighted by molar-refractivity contribution is 5.75. The fourth-order valence-electron chi connectivity index (χ4n) is 2.83. The van der Waals surface area contributed by atoms with Crippen LogP contribution in [-0.2, 0) is 11.2 Å². The first-order valence-electron chi connectivity index (χ1n) is 6.23. The maximum atomic E-state index is 11.5. The summed E-state index contributed by atoms with van der Waals surface area (Å²) in [6, 6.07) is 5.68. The molecule has 3 rings (SSSR count). The number of nitrogens with zero attached hydrogens (tertiary/aromatic N) is 3. The van der Waals surface area contributed by atoms with E-state index in [2.05, 4.69) is 10.2 Å². The van der Waals surface area contributed by atoms with Gasteiger partial charge in [-0.1, -0.05) is 18.9 Å². The minimum absolute atomic E-state index is 0.466. The predicted molar refractivity (Wildman–Crippen MR) is 65.2 cm³/mol. The average molecular weight is 245 g/mol. The fourth-order valence-corrected chi connectivity index (χ4v) is 2.83. The van der Waals surface area contributed by atoms with Gasteiger partial charge in [0.1, 0.15) is 5.82 Å². The summed E-state index contributed by atoms with van der Waals surface area (Å²) in [5.74, 6) is 0.0441. The molecule has 0 saturated heterocycles. The normalized spacial score (nSPS) is 18.2. The molecule has 2 aromatic heterocycles. The molecule has 0 bridgehead atoms. The fraction of sp³-hybridized carbons (Fsp3) is 0.462. The van der Waals surface area contributed by atoms with Gasteiger partial charge in [0.2, 0.25) is 0 Å². The number of carboxylic acids is 1. The number of fused-ring (bicyclic) bond motifs is 1. The molecule has 0 radical (unpaired) electrons. The second-order valence-corrected chi connectivity index (χ2v) is 5.01. The third-order valence-corrected chi connectivity index (χ3v) is 3.90. The van der Waals surface area contributed by atoms with E-state index in [4.69, 9.17) is 0 Å². The van der Waals surface area contributed by atoms with Crippen molar-refractivity contribution >= 4 is 11.6 Å². The van der Waals surface area contributed by atoms with Crippen molar-refractivity contribution in [1.29, 1.82) is 0 Å². The summed E-state index contributed by atoms with van der Waals surface area (Å²) in [5.41, 5.74) is 0.129. The summed E-state index contributed by atoms with van der Waals surface area (Å²) in [7, 11) is 0. The lowest BCUT2D eigenvalue weighted by Crippen LogP contribution is -2.31. The Morgan fingerprint density at radius 2 is 2.11 bits per heavy atom. The van der Waals surface area contributed by atoms with Crippen LogP contribution in [0.5, 0.6) is 0 Å². The van der Waals surface area contributed by atoms with Gasteiger partial charge in [-0.15, -0.1) is 10.2 Å². The number of hydrogen-bond acceptors (Lipinski definition) is 3. The summed E-state index contributed by atoms with van der Waals surface area (Å²) in [6.07, 6.45) is 5.81. The highest BCUT2D eigenvalue weighted by atomic mass is 16.4. The number of carbonyl (C=O) groups is 1. The molecule has 2 heterocycles. The molecule has 0 aromatic carbocycles. The SMILES string of the molecule is O=C(O)C1(Cc2nnc3ccccn23)CCCC1. The molecule has 1 N–H and O–H groups in total. The van der Waals surface area contributed by atoms with Crippen LogP contribution < -0.4 is 0 Å². The van der Waals surface area contributed by atoms with Crippen molar-refractivity contribution in [3.05, 3.63) is 30.2 Å². The maximum Gasteiger partial charge on any atom is 0.310 e. The number of aliphatic carboxylic acids is 1. The van der Waals surface area contributed by atoms with Crippen LogP contribution in [0.3, 0.4) is 0 Å². The highest BCUT2D eigenvalue weighted by Gasteiger charge is 2.42. The van der Waals surface area contributed by atoms with Gasteiger partial charge in [-0.2, -0.15) is 0 Å². The minimum Gasteiger partial charge on any atom is -0.481 e. The van der Waals surface area contributed by atoms with E-state index < -0.39 is 11.4 Å². The molecule has 0 atom stereocenters. The molecule has 1 aliphatic carbocycles. The standard InChI is InChI=1S/C13H15N3O2/c17-12(18)13(6-2-3-7-13)9-11-15-14-10-5-1-4-8-16(10)11/h1,4-5,8H,2-3,6-7,9H2,(H,17,18). The Morgan fingerprint density at radius 3 is 2.83 bits per heavy atom. The molecule has 2 aromatic rings. The monoisotopic (exact) mass is 245 g/mol. The van der Waals surface area contributed by atoms with Gasteiger partial charge in [-0.05, 0) is 25.0 Å². The Bertz CT molecular complexity index is 585. The first kappa shape index (κ1) is 11.2. The summed E-state index contributed by atoms with van der Waals surface area (Å²) in [5, 5.41) is 17.7. The number of aromatic nitrogens is 3. The Balaban J connectivity index is 1.98. The zero-order valence-electron chi connectivity index (χ0n) is 10.0. The molecule has 18 heavy (non-hydrogen) atoms. The van der Waals surface area contributed by atoms with Gasteiger partial charge in [0.05, 0.1) is 5.41 Å². The summed E-state index contributed by atoms with van der Waals surface area (Å²) >= 11 is 0. The van der Waals surface area contributed by atoms with Crippen LogP contribution in [0.25, 0.3) is 5.65 Å². The number of rotatable bonds is 3. The average Bonchev–Trinajstić information content (AvgIpc) is 2.99. The van der Waals surface area contributed by atoms with E-state index in [9.17, 15) is 9.90 Å². The summed E-state index contributed by atoms with van der Waals surface area (Å²) in [4.78, 5) is 11.5. The molecule has 94 valence electrons. The molecule has 5 nitrogen and oxygen atoms in total. The molecule has 0 unspecified atom stereocenters. The quantitative estimate of drug-likeness (QED) is 0.897. The molecule has 0 aliphatic heterocycles. The molecular weight excluding hydrogens is 230 g/mol. The lowest BCUT2D eigenvalue weighted by Gasteiger charge is -2.22. The molecule has 1 saturated carbocycles. The number of carboxylic acid groups (broad SMARTS) is 1. The second kappa shape index (κ2) is 4.08.